The summed E-state index contributed by atoms with van der Waals surface area (Å²) in [5.41, 5.74) is 4.51. The third kappa shape index (κ3) is 5.55. The van der Waals surface area contributed by atoms with Gasteiger partial charge >= 0.3 is 6.18 Å². The fourth-order valence-electron chi connectivity index (χ4n) is 8.18. The van der Waals surface area contributed by atoms with Crippen molar-refractivity contribution in [3.63, 3.8) is 0 Å². The zero-order chi connectivity index (χ0) is 35.1. The number of rotatable bonds is 8. The molecule has 0 atom stereocenters. The number of nitrogens with zero attached hydrogens (tertiary/aromatic N) is 8. The number of ether oxygens (including phenoxy) is 1. The first-order valence-electron chi connectivity index (χ1n) is 17.5. The second kappa shape index (κ2) is 11.7. The summed E-state index contributed by atoms with van der Waals surface area (Å²) in [6, 6.07) is 8.03. The SMILES string of the molecule is C=CC(=O)N1CC2(CCN(c3nc(N4CC(n5cccn5)C4)nc4c(OCC(F)(F)F)c(-c5c(C)ccc6[nH]ncc56)c(C5CC5)cc34)CC2)C1. The molecule has 11 nitrogen and oxygen atoms in total. The van der Waals surface area contributed by atoms with E-state index in [-0.39, 0.29) is 29.0 Å². The number of carbonyl (C=O) groups excluding carboxylic acids is 1. The molecule has 2 aromatic carbocycles. The van der Waals surface area contributed by atoms with Crippen molar-refractivity contribution in [1.29, 1.82) is 0 Å². The summed E-state index contributed by atoms with van der Waals surface area (Å²) in [6.45, 7) is 8.18. The Bertz CT molecular complexity index is 2150. The topological polar surface area (TPSA) is 108 Å². The van der Waals surface area contributed by atoms with Crippen LogP contribution in [0.25, 0.3) is 32.9 Å². The number of hydrogen-bond donors (Lipinski definition) is 1. The molecule has 51 heavy (non-hydrogen) atoms. The molecule has 0 bridgehead atoms. The standard InChI is InChI=1S/C37H38F3N9O2/c1-3-29(50)48-19-36(20-48)9-13-46(14-10-36)34-26-15-25(23-6-7-23)31(30-22(2)5-8-28-27(30)16-41-45-28)33(51-21-37(38,39)40)32(26)43-35(44-34)47-17-24(18-47)49-12-4-11-42-49/h3-5,8,11-12,15-16,23-24H,1,6-7,9-10,13-14,17-21H2,2H3,(H,41,45). The molecule has 264 valence electrons. The fourth-order valence-corrected chi connectivity index (χ4v) is 8.18. The van der Waals surface area contributed by atoms with Crippen molar-refractivity contribution in [1.82, 2.24) is 34.8 Å². The minimum absolute atomic E-state index is 0.0451. The number of fused-ring (bicyclic) bond motifs is 2. The number of benzene rings is 2. The second-order valence-corrected chi connectivity index (χ2v) is 14.6. The van der Waals surface area contributed by atoms with Crippen molar-refractivity contribution in [2.75, 3.05) is 55.7 Å². The van der Waals surface area contributed by atoms with Gasteiger partial charge in [-0.2, -0.15) is 28.4 Å². The molecule has 5 aromatic rings. The highest BCUT2D eigenvalue weighted by atomic mass is 19.4. The summed E-state index contributed by atoms with van der Waals surface area (Å²) in [7, 11) is 0. The van der Waals surface area contributed by atoms with Crippen LogP contribution in [0.2, 0.25) is 0 Å². The molecule has 1 amide bonds. The predicted molar refractivity (Wildman–Crippen MR) is 187 cm³/mol. The van der Waals surface area contributed by atoms with Gasteiger partial charge in [-0.15, -0.1) is 0 Å². The lowest BCUT2D eigenvalue weighted by molar-refractivity contribution is -0.153. The van der Waals surface area contributed by atoms with Gasteiger partial charge in [-0.05, 0) is 79.5 Å². The van der Waals surface area contributed by atoms with Crippen molar-refractivity contribution in [2.45, 2.75) is 50.7 Å². The molecule has 1 saturated carbocycles. The van der Waals surface area contributed by atoms with E-state index < -0.39 is 12.8 Å². The summed E-state index contributed by atoms with van der Waals surface area (Å²) in [5, 5.41) is 13.2. The molecule has 4 fully saturated rings. The van der Waals surface area contributed by atoms with Crippen molar-refractivity contribution < 1.29 is 22.7 Å². The van der Waals surface area contributed by atoms with Crippen LogP contribution >= 0.6 is 0 Å². The molecule has 0 unspecified atom stereocenters. The monoisotopic (exact) mass is 697 g/mol. The third-order valence-electron chi connectivity index (χ3n) is 11.1. The molecule has 1 spiro atoms. The zero-order valence-electron chi connectivity index (χ0n) is 28.3. The van der Waals surface area contributed by atoms with Crippen LogP contribution in [0.1, 0.15) is 48.8 Å². The molecule has 3 aromatic heterocycles. The first-order valence-corrected chi connectivity index (χ1v) is 17.5. The number of likely N-dealkylation sites (tertiary alicyclic amines) is 1. The van der Waals surface area contributed by atoms with Crippen molar-refractivity contribution in [2.24, 2.45) is 5.41 Å². The molecule has 4 aliphatic rings. The molecular formula is C37H38F3N9O2. The van der Waals surface area contributed by atoms with Gasteiger partial charge in [0.1, 0.15) is 11.3 Å². The predicted octanol–water partition coefficient (Wildman–Crippen LogP) is 6.17. The van der Waals surface area contributed by atoms with Crippen LogP contribution in [0.5, 0.6) is 5.75 Å². The van der Waals surface area contributed by atoms with Gasteiger partial charge in [0.15, 0.2) is 12.4 Å². The van der Waals surface area contributed by atoms with Gasteiger partial charge in [0, 0.05) is 73.4 Å². The largest absolute Gasteiger partial charge is 0.481 e. The highest BCUT2D eigenvalue weighted by Crippen LogP contribution is 2.53. The molecule has 14 heteroatoms. The summed E-state index contributed by atoms with van der Waals surface area (Å²) >= 11 is 0. The van der Waals surface area contributed by atoms with E-state index in [2.05, 4.69) is 37.7 Å². The minimum Gasteiger partial charge on any atom is -0.481 e. The highest BCUT2D eigenvalue weighted by molar-refractivity contribution is 6.06. The Labute approximate surface area is 292 Å². The Morgan fingerprint density at radius 2 is 1.88 bits per heavy atom. The number of H-pyrrole nitrogens is 1. The summed E-state index contributed by atoms with van der Waals surface area (Å²) in [6.07, 6.45) is 5.80. The Balaban J connectivity index is 1.20. The lowest BCUT2D eigenvalue weighted by Gasteiger charge is -2.54. The van der Waals surface area contributed by atoms with Crippen molar-refractivity contribution in [3.8, 4) is 16.9 Å². The van der Waals surface area contributed by atoms with E-state index in [1.54, 1.807) is 12.4 Å². The van der Waals surface area contributed by atoms with E-state index in [0.29, 0.717) is 67.5 Å². The van der Waals surface area contributed by atoms with Gasteiger partial charge in [-0.1, -0.05) is 12.6 Å². The normalized spacial score (nSPS) is 19.1. The number of piperidine rings is 1. The number of anilines is 2. The fraction of sp³-hybridized carbons (Fsp3) is 0.432. The molecule has 1 N–H and O–H groups in total. The van der Waals surface area contributed by atoms with Crippen LogP contribution in [0.3, 0.4) is 0 Å². The first-order chi connectivity index (χ1) is 24.6. The van der Waals surface area contributed by atoms with E-state index >= 15 is 0 Å². The first kappa shape index (κ1) is 31.8. The summed E-state index contributed by atoms with van der Waals surface area (Å²) in [4.78, 5) is 28.6. The minimum atomic E-state index is -4.56. The van der Waals surface area contributed by atoms with Crippen LogP contribution < -0.4 is 14.5 Å². The molecule has 3 saturated heterocycles. The van der Waals surface area contributed by atoms with Crippen molar-refractivity contribution >= 4 is 39.5 Å². The van der Waals surface area contributed by atoms with E-state index in [0.717, 1.165) is 53.3 Å². The maximum absolute atomic E-state index is 14.0. The number of nitrogens with one attached hydrogen (secondary N) is 1. The quantitative estimate of drug-likeness (QED) is 0.192. The molecule has 0 radical (unpaired) electrons. The number of carbonyl (C=O) groups is 1. The van der Waals surface area contributed by atoms with Gasteiger partial charge < -0.3 is 19.4 Å². The molecule has 3 aliphatic heterocycles. The van der Waals surface area contributed by atoms with Crippen molar-refractivity contribution in [3.05, 3.63) is 66.6 Å². The number of alkyl halides is 3. The lowest BCUT2D eigenvalue weighted by atomic mass is 9.72. The molecule has 9 rings (SSSR count). The smallest absolute Gasteiger partial charge is 0.422 e. The van der Waals surface area contributed by atoms with Gasteiger partial charge in [0.05, 0.1) is 17.8 Å². The van der Waals surface area contributed by atoms with Crippen LogP contribution in [0.4, 0.5) is 24.9 Å². The lowest BCUT2D eigenvalue weighted by Crippen LogP contribution is -2.61. The van der Waals surface area contributed by atoms with E-state index in [1.807, 2.05) is 40.9 Å². The summed E-state index contributed by atoms with van der Waals surface area (Å²) < 4.78 is 49.9. The Kier molecular flexibility index (Phi) is 7.30. The Morgan fingerprint density at radius 1 is 1.10 bits per heavy atom. The molecule has 1 aliphatic carbocycles. The number of amides is 1. The number of hydrogen-bond acceptors (Lipinski definition) is 8. The van der Waals surface area contributed by atoms with Gasteiger partial charge in [-0.25, -0.2) is 4.98 Å². The third-order valence-corrected chi connectivity index (χ3v) is 11.1. The maximum atomic E-state index is 14.0. The van der Waals surface area contributed by atoms with Crippen LogP contribution in [-0.4, -0.2) is 92.8 Å². The van der Waals surface area contributed by atoms with Crippen LogP contribution in [0.15, 0.2) is 55.5 Å². The zero-order valence-corrected chi connectivity index (χ0v) is 28.3. The molecule has 6 heterocycles. The maximum Gasteiger partial charge on any atom is 0.422 e. The van der Waals surface area contributed by atoms with Gasteiger partial charge in [0.25, 0.3) is 0 Å². The number of halogens is 3. The highest BCUT2D eigenvalue weighted by Gasteiger charge is 2.47. The Morgan fingerprint density at radius 3 is 2.57 bits per heavy atom. The number of aryl methyl sites for hydroxylation is 1. The second-order valence-electron chi connectivity index (χ2n) is 14.6. The van der Waals surface area contributed by atoms with E-state index in [9.17, 15) is 18.0 Å². The average molecular weight is 698 g/mol. The van der Waals surface area contributed by atoms with Crippen LogP contribution in [-0.2, 0) is 4.79 Å². The average Bonchev–Trinajstić information content (AvgIpc) is 3.56. The van der Waals surface area contributed by atoms with E-state index in [1.165, 1.54) is 6.08 Å². The Hall–Kier alpha value is -5.14. The molecular weight excluding hydrogens is 659 g/mol. The van der Waals surface area contributed by atoms with E-state index in [4.69, 9.17) is 14.7 Å². The number of aromatic amines is 1. The van der Waals surface area contributed by atoms with Gasteiger partial charge in [-0.3, -0.25) is 14.6 Å². The summed E-state index contributed by atoms with van der Waals surface area (Å²) in [5.74, 6) is 1.41. The number of aromatic nitrogens is 6. The van der Waals surface area contributed by atoms with Crippen LogP contribution in [0, 0.1) is 12.3 Å². The van der Waals surface area contributed by atoms with Gasteiger partial charge in [0.2, 0.25) is 11.9 Å².